The Balaban J connectivity index is 1.44. The van der Waals surface area contributed by atoms with E-state index in [1.165, 1.54) is 49.2 Å². The molecule has 8 rings (SSSR count). The molecule has 1 aliphatic heterocycles. The summed E-state index contributed by atoms with van der Waals surface area (Å²) < 4.78 is 11.0. The van der Waals surface area contributed by atoms with Gasteiger partial charge in [-0.25, -0.2) is 0 Å². The molecular formula is C37H33N3O. The second kappa shape index (κ2) is 10.2. The van der Waals surface area contributed by atoms with Crippen LogP contribution in [0.15, 0.2) is 127 Å². The van der Waals surface area contributed by atoms with Crippen molar-refractivity contribution in [2.45, 2.75) is 18.6 Å². The van der Waals surface area contributed by atoms with Crippen molar-refractivity contribution in [3.8, 4) is 0 Å². The molecule has 0 saturated carbocycles. The number of fused-ring (bicyclic) bond motifs is 6. The van der Waals surface area contributed by atoms with E-state index in [1.54, 1.807) is 0 Å². The van der Waals surface area contributed by atoms with Gasteiger partial charge in [0.25, 0.3) is 0 Å². The molecule has 5 aromatic carbocycles. The van der Waals surface area contributed by atoms with Gasteiger partial charge in [-0.15, -0.1) is 0 Å². The Morgan fingerprint density at radius 1 is 0.488 bits per heavy atom. The molecule has 1 saturated heterocycles. The molecule has 0 amide bonds. The van der Waals surface area contributed by atoms with E-state index in [1.807, 2.05) is 0 Å². The summed E-state index contributed by atoms with van der Waals surface area (Å²) in [6.07, 6.45) is 0.965. The van der Waals surface area contributed by atoms with Gasteiger partial charge in [0.2, 0.25) is 0 Å². The van der Waals surface area contributed by atoms with Crippen LogP contribution >= 0.6 is 0 Å². The molecule has 2 aromatic heterocycles. The monoisotopic (exact) mass is 535 g/mol. The van der Waals surface area contributed by atoms with Gasteiger partial charge in [-0.1, -0.05) is 103 Å². The zero-order valence-electron chi connectivity index (χ0n) is 23.1. The number of aromatic nitrogens is 2. The Hall–Kier alpha value is -4.38. The first-order chi connectivity index (χ1) is 20.4. The zero-order chi connectivity index (χ0) is 27.2. The zero-order valence-corrected chi connectivity index (χ0v) is 23.1. The Morgan fingerprint density at radius 2 is 0.878 bits per heavy atom. The molecule has 41 heavy (non-hydrogen) atoms. The normalized spacial score (nSPS) is 15.4. The number of benzene rings is 5. The van der Waals surface area contributed by atoms with Crippen molar-refractivity contribution in [2.75, 3.05) is 26.3 Å². The number of hydrogen-bond acceptors (Lipinski definition) is 2. The van der Waals surface area contributed by atoms with Gasteiger partial charge in [0.1, 0.15) is 6.17 Å². The lowest BCUT2D eigenvalue weighted by Gasteiger charge is -2.38. The number of hydrogen-bond donors (Lipinski definition) is 0. The van der Waals surface area contributed by atoms with E-state index in [-0.39, 0.29) is 12.2 Å². The first-order valence-corrected chi connectivity index (χ1v) is 14.7. The molecule has 1 unspecified atom stereocenters. The van der Waals surface area contributed by atoms with Gasteiger partial charge in [0, 0.05) is 47.1 Å². The maximum Gasteiger partial charge on any atom is 0.113 e. The predicted molar refractivity (Wildman–Crippen MR) is 170 cm³/mol. The van der Waals surface area contributed by atoms with Crippen molar-refractivity contribution in [3.05, 3.63) is 133 Å². The highest BCUT2D eigenvalue weighted by Gasteiger charge is 2.31. The lowest BCUT2D eigenvalue weighted by molar-refractivity contribution is 0.0106. The third-order valence-electron chi connectivity index (χ3n) is 8.94. The predicted octanol–water partition coefficient (Wildman–Crippen LogP) is 8.41. The summed E-state index contributed by atoms with van der Waals surface area (Å²) >= 11 is 0. The fraction of sp³-hybridized carbons (Fsp3) is 0.189. The van der Waals surface area contributed by atoms with Crippen LogP contribution in [0.4, 0.5) is 0 Å². The second-order valence-electron chi connectivity index (χ2n) is 11.1. The number of morpholine rings is 1. The van der Waals surface area contributed by atoms with Gasteiger partial charge < -0.3 is 13.9 Å². The Kier molecular flexibility index (Phi) is 6.09. The fourth-order valence-corrected chi connectivity index (χ4v) is 7.13. The average molecular weight is 536 g/mol. The van der Waals surface area contributed by atoms with Gasteiger partial charge in [0.05, 0.1) is 35.3 Å². The molecule has 1 fully saturated rings. The van der Waals surface area contributed by atoms with Crippen LogP contribution in [0, 0.1) is 0 Å². The van der Waals surface area contributed by atoms with Crippen LogP contribution in [0.25, 0.3) is 43.6 Å². The van der Waals surface area contributed by atoms with Crippen molar-refractivity contribution < 1.29 is 4.74 Å². The molecule has 0 bridgehead atoms. The van der Waals surface area contributed by atoms with Crippen LogP contribution in [0.2, 0.25) is 0 Å². The van der Waals surface area contributed by atoms with E-state index in [2.05, 4.69) is 141 Å². The molecule has 3 heterocycles. The van der Waals surface area contributed by atoms with Crippen LogP contribution in [0.1, 0.15) is 24.2 Å². The van der Waals surface area contributed by atoms with E-state index >= 15 is 0 Å². The van der Waals surface area contributed by atoms with Crippen LogP contribution < -0.4 is 0 Å². The Labute approximate surface area is 240 Å². The van der Waals surface area contributed by atoms with E-state index in [0.717, 1.165) is 32.7 Å². The average Bonchev–Trinajstić information content (AvgIpc) is 3.56. The van der Waals surface area contributed by atoms with E-state index in [9.17, 15) is 0 Å². The number of nitrogens with zero attached hydrogens (tertiary/aromatic N) is 3. The minimum Gasteiger partial charge on any atom is -0.379 e. The standard InChI is InChI=1S/C37H33N3O/c1-2-12-27(13-3-1)36(38-22-24-41-25-23-38)26-37(39-32-18-8-4-14-28(32)29-15-5-9-19-33(29)39)40-34-20-10-6-16-30(34)31-17-7-11-21-35(31)40/h1-21,36-37H,22-26H2. The van der Waals surface area contributed by atoms with Crippen LogP contribution in [-0.2, 0) is 4.74 Å². The SMILES string of the molecule is c1ccc(C(CC(n2c3ccccc3c3ccccc32)n2c3ccccc3c3ccccc32)N2CCOCC2)cc1. The highest BCUT2D eigenvalue weighted by Crippen LogP contribution is 2.41. The van der Waals surface area contributed by atoms with Crippen molar-refractivity contribution >= 4 is 43.6 Å². The lowest BCUT2D eigenvalue weighted by Crippen LogP contribution is -2.40. The summed E-state index contributed by atoms with van der Waals surface area (Å²) in [5, 5.41) is 5.21. The molecule has 0 N–H and O–H groups in total. The first kappa shape index (κ1) is 24.4. The van der Waals surface area contributed by atoms with E-state index < -0.39 is 0 Å². The first-order valence-electron chi connectivity index (χ1n) is 14.7. The fourth-order valence-electron chi connectivity index (χ4n) is 7.13. The van der Waals surface area contributed by atoms with Crippen molar-refractivity contribution in [2.24, 2.45) is 0 Å². The molecule has 202 valence electrons. The van der Waals surface area contributed by atoms with Gasteiger partial charge in [-0.2, -0.15) is 0 Å². The second-order valence-corrected chi connectivity index (χ2v) is 11.1. The molecule has 0 aliphatic carbocycles. The van der Waals surface area contributed by atoms with Crippen molar-refractivity contribution in [1.82, 2.24) is 14.0 Å². The van der Waals surface area contributed by atoms with Crippen LogP contribution in [0.3, 0.4) is 0 Å². The molecule has 1 aliphatic rings. The topological polar surface area (TPSA) is 22.3 Å². The largest absolute Gasteiger partial charge is 0.379 e. The van der Waals surface area contributed by atoms with Gasteiger partial charge >= 0.3 is 0 Å². The maximum atomic E-state index is 5.81. The van der Waals surface area contributed by atoms with E-state index in [4.69, 9.17) is 4.74 Å². The Morgan fingerprint density at radius 3 is 1.32 bits per heavy atom. The summed E-state index contributed by atoms with van der Waals surface area (Å²) in [5.74, 6) is 0. The summed E-state index contributed by atoms with van der Waals surface area (Å²) in [7, 11) is 0. The number of para-hydroxylation sites is 4. The third-order valence-corrected chi connectivity index (χ3v) is 8.94. The minimum absolute atomic E-state index is 0.0395. The molecule has 7 aromatic rings. The minimum atomic E-state index is 0.0395. The van der Waals surface area contributed by atoms with Crippen LogP contribution in [0.5, 0.6) is 0 Å². The van der Waals surface area contributed by atoms with Crippen LogP contribution in [-0.4, -0.2) is 40.3 Å². The summed E-state index contributed by atoms with van der Waals surface area (Å²) in [4.78, 5) is 2.63. The van der Waals surface area contributed by atoms with E-state index in [0.29, 0.717) is 0 Å². The maximum absolute atomic E-state index is 5.81. The highest BCUT2D eigenvalue weighted by molar-refractivity contribution is 6.10. The quantitative estimate of drug-likeness (QED) is 0.213. The number of ether oxygens (including phenoxy) is 1. The molecule has 1 atom stereocenters. The molecule has 4 nitrogen and oxygen atoms in total. The van der Waals surface area contributed by atoms with Gasteiger partial charge in [-0.3, -0.25) is 4.90 Å². The summed E-state index contributed by atoms with van der Waals surface area (Å²) in [5.41, 5.74) is 6.45. The smallest absolute Gasteiger partial charge is 0.113 e. The molecule has 0 radical (unpaired) electrons. The summed E-state index contributed by atoms with van der Waals surface area (Å²) in [6.45, 7) is 3.43. The highest BCUT2D eigenvalue weighted by atomic mass is 16.5. The molecule has 4 heteroatoms. The Bertz CT molecular complexity index is 1760. The number of rotatable bonds is 6. The van der Waals surface area contributed by atoms with Gasteiger partial charge in [-0.05, 0) is 29.8 Å². The summed E-state index contributed by atoms with van der Waals surface area (Å²) in [6, 6.07) is 46.9. The van der Waals surface area contributed by atoms with Crippen molar-refractivity contribution in [3.63, 3.8) is 0 Å². The lowest BCUT2D eigenvalue weighted by atomic mass is 9.99. The van der Waals surface area contributed by atoms with Crippen molar-refractivity contribution in [1.29, 1.82) is 0 Å². The third kappa shape index (κ3) is 4.06. The molecular weight excluding hydrogens is 502 g/mol. The van der Waals surface area contributed by atoms with Gasteiger partial charge in [0.15, 0.2) is 0 Å². The molecule has 0 spiro atoms.